The van der Waals surface area contributed by atoms with E-state index in [1.54, 1.807) is 45.2 Å². The Morgan fingerprint density at radius 1 is 1.24 bits per heavy atom. The van der Waals surface area contributed by atoms with Gasteiger partial charge in [0.15, 0.2) is 0 Å². The Balaban J connectivity index is 2.54. The van der Waals surface area contributed by atoms with Gasteiger partial charge in [0.1, 0.15) is 0 Å². The normalized spacial score (nSPS) is 13.4. The number of anilines is 1. The second-order valence-corrected chi connectivity index (χ2v) is 6.84. The second kappa shape index (κ2) is 8.33. The number of nitrogens with one attached hydrogen (secondary N) is 2. The van der Waals surface area contributed by atoms with Crippen molar-refractivity contribution in [1.82, 2.24) is 4.72 Å². The third-order valence-corrected chi connectivity index (χ3v) is 4.40. The zero-order chi connectivity index (χ0) is 15.9. The maximum Gasteiger partial charge on any atom is 0.240 e. The molecule has 0 fully saturated rings. The van der Waals surface area contributed by atoms with E-state index in [0.29, 0.717) is 19.6 Å². The molecule has 1 atom stereocenters. The lowest BCUT2D eigenvalue weighted by atomic mass is 10.2. The molecule has 0 aliphatic rings. The van der Waals surface area contributed by atoms with E-state index >= 15 is 0 Å². The Hall–Kier alpha value is -1.15. The third-order valence-electron chi connectivity index (χ3n) is 2.72. The molecule has 0 amide bonds. The van der Waals surface area contributed by atoms with Crippen molar-refractivity contribution in [1.29, 1.82) is 0 Å². The molecule has 1 rings (SSSR count). The Kier molecular flexibility index (Phi) is 7.10. The first-order valence-electron chi connectivity index (χ1n) is 6.88. The first kappa shape index (κ1) is 17.9. The van der Waals surface area contributed by atoms with Gasteiger partial charge in [-0.3, -0.25) is 0 Å². The van der Waals surface area contributed by atoms with E-state index in [9.17, 15) is 13.5 Å². The highest BCUT2D eigenvalue weighted by Gasteiger charge is 2.14. The summed E-state index contributed by atoms with van der Waals surface area (Å²) < 4.78 is 31.3. The van der Waals surface area contributed by atoms with Crippen molar-refractivity contribution in [2.24, 2.45) is 0 Å². The average molecular weight is 316 g/mol. The molecule has 21 heavy (non-hydrogen) atoms. The van der Waals surface area contributed by atoms with Crippen molar-refractivity contribution in [3.63, 3.8) is 0 Å². The summed E-state index contributed by atoms with van der Waals surface area (Å²) in [5.74, 6) is 0. The minimum atomic E-state index is -3.45. The van der Waals surface area contributed by atoms with Crippen LogP contribution in [0.3, 0.4) is 0 Å². The molecule has 1 aromatic carbocycles. The van der Waals surface area contributed by atoms with Crippen molar-refractivity contribution < 1.29 is 18.3 Å². The van der Waals surface area contributed by atoms with Crippen LogP contribution < -0.4 is 10.0 Å². The minimum absolute atomic E-state index is 0.143. The number of methoxy groups -OCH3 is 1. The molecule has 7 heteroatoms. The maximum atomic E-state index is 12.0. The van der Waals surface area contributed by atoms with E-state index in [2.05, 4.69) is 10.0 Å². The zero-order valence-corrected chi connectivity index (χ0v) is 13.5. The van der Waals surface area contributed by atoms with Gasteiger partial charge in [-0.15, -0.1) is 0 Å². The molecule has 0 heterocycles. The average Bonchev–Trinajstić information content (AvgIpc) is 2.38. The molecule has 120 valence electrons. The van der Waals surface area contributed by atoms with Crippen LogP contribution in [0.2, 0.25) is 0 Å². The summed E-state index contributed by atoms with van der Waals surface area (Å²) in [7, 11) is -1.91. The van der Waals surface area contributed by atoms with Crippen LogP contribution in [0, 0.1) is 0 Å². The molecule has 0 aliphatic carbocycles. The van der Waals surface area contributed by atoms with Gasteiger partial charge in [0.2, 0.25) is 10.0 Å². The van der Waals surface area contributed by atoms with Gasteiger partial charge in [-0.2, -0.15) is 0 Å². The van der Waals surface area contributed by atoms with E-state index in [1.165, 1.54) is 0 Å². The number of aliphatic hydroxyl groups is 1. The molecular formula is C14H24N2O4S. The summed E-state index contributed by atoms with van der Waals surface area (Å²) in [6.07, 6.45) is 0.0559. The number of ether oxygens (including phenoxy) is 1. The van der Waals surface area contributed by atoms with Crippen LogP contribution in [0.25, 0.3) is 0 Å². The minimum Gasteiger partial charge on any atom is -0.391 e. The highest BCUT2D eigenvalue weighted by atomic mass is 32.2. The van der Waals surface area contributed by atoms with Crippen molar-refractivity contribution in [3.8, 4) is 0 Å². The number of hydrogen-bond donors (Lipinski definition) is 3. The molecule has 1 aromatic rings. The number of sulfonamides is 1. The Bertz CT molecular complexity index is 514. The molecule has 0 aromatic heterocycles. The van der Waals surface area contributed by atoms with E-state index in [-0.39, 0.29) is 10.9 Å². The fraction of sp³-hybridized carbons (Fsp3) is 0.571. The Morgan fingerprint density at radius 2 is 1.86 bits per heavy atom. The fourth-order valence-corrected chi connectivity index (χ4v) is 3.04. The highest BCUT2D eigenvalue weighted by molar-refractivity contribution is 7.89. The molecule has 0 aliphatic heterocycles. The topological polar surface area (TPSA) is 87.7 Å². The quantitative estimate of drug-likeness (QED) is 0.637. The maximum absolute atomic E-state index is 12.0. The first-order chi connectivity index (χ1) is 9.85. The van der Waals surface area contributed by atoms with Gasteiger partial charge < -0.3 is 15.2 Å². The summed E-state index contributed by atoms with van der Waals surface area (Å²) in [4.78, 5) is 0.237. The van der Waals surface area contributed by atoms with Gasteiger partial charge in [-0.1, -0.05) is 0 Å². The molecule has 6 nitrogen and oxygen atoms in total. The van der Waals surface area contributed by atoms with Crippen LogP contribution in [0.5, 0.6) is 0 Å². The molecule has 0 saturated heterocycles. The fourth-order valence-electron chi connectivity index (χ4n) is 1.79. The Morgan fingerprint density at radius 3 is 2.38 bits per heavy atom. The summed E-state index contributed by atoms with van der Waals surface area (Å²) in [6, 6.07) is 6.38. The summed E-state index contributed by atoms with van der Waals surface area (Å²) in [5.41, 5.74) is 0.808. The summed E-state index contributed by atoms with van der Waals surface area (Å²) >= 11 is 0. The van der Waals surface area contributed by atoms with Crippen LogP contribution in [0.1, 0.15) is 20.3 Å². The predicted molar refractivity (Wildman–Crippen MR) is 82.9 cm³/mol. The van der Waals surface area contributed by atoms with Crippen LogP contribution in [-0.4, -0.2) is 45.9 Å². The van der Waals surface area contributed by atoms with E-state index < -0.39 is 16.1 Å². The number of aliphatic hydroxyl groups excluding tert-OH is 1. The second-order valence-electron chi connectivity index (χ2n) is 5.12. The van der Waals surface area contributed by atoms with Crippen molar-refractivity contribution in [3.05, 3.63) is 24.3 Å². The molecular weight excluding hydrogens is 292 g/mol. The monoisotopic (exact) mass is 316 g/mol. The van der Waals surface area contributed by atoms with E-state index in [4.69, 9.17) is 4.74 Å². The standard InChI is InChI=1S/C14H24N2O4S/c1-11(2)16-21(18,19)14-6-4-12(5-7-14)15-9-8-13(17)10-20-3/h4-7,11,13,15-17H,8-10H2,1-3H3. The van der Waals surface area contributed by atoms with E-state index in [1.807, 2.05) is 0 Å². The summed E-state index contributed by atoms with van der Waals surface area (Å²) in [6.45, 7) is 4.44. The van der Waals surface area contributed by atoms with E-state index in [0.717, 1.165) is 5.69 Å². The number of benzene rings is 1. The van der Waals surface area contributed by atoms with Crippen molar-refractivity contribution in [2.45, 2.75) is 37.3 Å². The molecule has 0 spiro atoms. The number of rotatable bonds is 9. The van der Waals surface area contributed by atoms with Gasteiger partial charge in [0.05, 0.1) is 17.6 Å². The van der Waals surface area contributed by atoms with Gasteiger partial charge in [0, 0.05) is 25.4 Å². The SMILES string of the molecule is COCC(O)CCNc1ccc(S(=O)(=O)NC(C)C)cc1. The van der Waals surface area contributed by atoms with Crippen LogP contribution in [-0.2, 0) is 14.8 Å². The molecule has 3 N–H and O–H groups in total. The lowest BCUT2D eigenvalue weighted by molar-refractivity contribution is 0.0615. The van der Waals surface area contributed by atoms with Crippen LogP contribution >= 0.6 is 0 Å². The van der Waals surface area contributed by atoms with Gasteiger partial charge in [0.25, 0.3) is 0 Å². The lowest BCUT2D eigenvalue weighted by Gasteiger charge is -2.12. The predicted octanol–water partition coefficient (Wildman–Crippen LogP) is 1.18. The molecule has 1 unspecified atom stereocenters. The van der Waals surface area contributed by atoms with Gasteiger partial charge >= 0.3 is 0 Å². The molecule has 0 bridgehead atoms. The Labute approximate surface area is 126 Å². The third kappa shape index (κ3) is 6.43. The van der Waals surface area contributed by atoms with Gasteiger partial charge in [-0.25, -0.2) is 13.1 Å². The number of hydrogen-bond acceptors (Lipinski definition) is 5. The van der Waals surface area contributed by atoms with Gasteiger partial charge in [-0.05, 0) is 44.5 Å². The smallest absolute Gasteiger partial charge is 0.240 e. The van der Waals surface area contributed by atoms with Crippen LogP contribution in [0.15, 0.2) is 29.2 Å². The largest absolute Gasteiger partial charge is 0.391 e. The summed E-state index contributed by atoms with van der Waals surface area (Å²) in [5, 5.41) is 12.6. The van der Waals surface area contributed by atoms with Crippen molar-refractivity contribution >= 4 is 15.7 Å². The molecule has 0 saturated carbocycles. The highest BCUT2D eigenvalue weighted by Crippen LogP contribution is 2.14. The molecule has 0 radical (unpaired) electrons. The zero-order valence-electron chi connectivity index (χ0n) is 12.7. The van der Waals surface area contributed by atoms with Crippen molar-refractivity contribution in [2.75, 3.05) is 25.6 Å². The lowest BCUT2D eigenvalue weighted by Crippen LogP contribution is -2.30. The van der Waals surface area contributed by atoms with Crippen LogP contribution in [0.4, 0.5) is 5.69 Å². The first-order valence-corrected chi connectivity index (χ1v) is 8.36.